The van der Waals surface area contributed by atoms with Crippen LogP contribution in [0.5, 0.6) is 0 Å². The van der Waals surface area contributed by atoms with Crippen LogP contribution < -0.4 is 0 Å². The van der Waals surface area contributed by atoms with Crippen molar-refractivity contribution in [3.8, 4) is 0 Å². The third kappa shape index (κ3) is 2.22. The molecule has 4 heteroatoms. The van der Waals surface area contributed by atoms with Crippen molar-refractivity contribution in [3.63, 3.8) is 0 Å². The van der Waals surface area contributed by atoms with Gasteiger partial charge in [0.2, 0.25) is 6.29 Å². The molecule has 62 valence electrons. The van der Waals surface area contributed by atoms with Crippen LogP contribution in [0.25, 0.3) is 0 Å². The van der Waals surface area contributed by atoms with Gasteiger partial charge in [0, 0.05) is 6.42 Å². The molecule has 0 aromatic rings. The molecule has 1 rings (SSSR count). The van der Waals surface area contributed by atoms with Gasteiger partial charge in [-0.05, 0) is 0 Å². The van der Waals surface area contributed by atoms with Crippen LogP contribution in [0.4, 0.5) is 0 Å². The van der Waals surface area contributed by atoms with Crippen molar-refractivity contribution >= 4 is 11.9 Å². The largest absolute Gasteiger partial charge is 0.425 e. The summed E-state index contributed by atoms with van der Waals surface area (Å²) in [5.74, 6) is -0.717. The summed E-state index contributed by atoms with van der Waals surface area (Å²) in [6.07, 6.45) is 0.111. The minimum absolute atomic E-state index is 0.134. The Hall–Kier alpha value is -1.06. The molecule has 0 saturated carbocycles. The Morgan fingerprint density at radius 1 is 1.27 bits per heavy atom. The molecule has 0 aliphatic carbocycles. The summed E-state index contributed by atoms with van der Waals surface area (Å²) in [6, 6.07) is 0. The summed E-state index contributed by atoms with van der Waals surface area (Å²) < 4.78 is 9.50. The molecule has 0 aromatic carbocycles. The van der Waals surface area contributed by atoms with Crippen LogP contribution in [0, 0.1) is 0 Å². The molecular formula is C7H10O4. The standard InChI is InChI=1S/C7H10O4/c1-2-7-10-5(8)3-4-6(9)11-7/h7H,2-4H2,1H3. The minimum Gasteiger partial charge on any atom is -0.425 e. The summed E-state index contributed by atoms with van der Waals surface area (Å²) in [6.45, 7) is 1.79. The number of hydrogen-bond acceptors (Lipinski definition) is 4. The van der Waals surface area contributed by atoms with E-state index in [2.05, 4.69) is 0 Å². The van der Waals surface area contributed by atoms with E-state index in [4.69, 9.17) is 9.47 Å². The highest BCUT2D eigenvalue weighted by Gasteiger charge is 2.22. The Morgan fingerprint density at radius 3 is 2.09 bits per heavy atom. The molecule has 1 aliphatic heterocycles. The Bertz CT molecular complexity index is 157. The molecule has 1 aliphatic rings. The Labute approximate surface area is 64.5 Å². The van der Waals surface area contributed by atoms with Gasteiger partial charge in [-0.3, -0.25) is 9.59 Å². The van der Waals surface area contributed by atoms with Gasteiger partial charge in [0.15, 0.2) is 0 Å². The van der Waals surface area contributed by atoms with Crippen LogP contribution >= 0.6 is 0 Å². The lowest BCUT2D eigenvalue weighted by molar-refractivity contribution is -0.180. The molecule has 0 N–H and O–H groups in total. The van der Waals surface area contributed by atoms with Gasteiger partial charge in [0.05, 0.1) is 12.8 Å². The second-order valence-corrected chi connectivity index (χ2v) is 2.32. The van der Waals surface area contributed by atoms with Gasteiger partial charge in [0.1, 0.15) is 0 Å². The lowest BCUT2D eigenvalue weighted by atomic mass is 10.3. The molecule has 1 fully saturated rings. The number of hydrogen-bond donors (Lipinski definition) is 0. The van der Waals surface area contributed by atoms with Gasteiger partial charge >= 0.3 is 11.9 Å². The highest BCUT2D eigenvalue weighted by molar-refractivity contribution is 5.79. The van der Waals surface area contributed by atoms with E-state index in [-0.39, 0.29) is 24.8 Å². The SMILES string of the molecule is CCC1OC(=O)CCC(=O)O1. The zero-order valence-corrected chi connectivity index (χ0v) is 6.33. The van der Waals surface area contributed by atoms with E-state index in [1.54, 1.807) is 6.92 Å². The average Bonchev–Trinajstić information content (AvgIpc) is 2.13. The maximum Gasteiger partial charge on any atom is 0.309 e. The van der Waals surface area contributed by atoms with Crippen molar-refractivity contribution in [2.45, 2.75) is 32.5 Å². The van der Waals surface area contributed by atoms with Crippen molar-refractivity contribution in [1.82, 2.24) is 0 Å². The van der Waals surface area contributed by atoms with Gasteiger partial charge < -0.3 is 9.47 Å². The quantitative estimate of drug-likeness (QED) is 0.524. The number of ether oxygens (including phenoxy) is 2. The summed E-state index contributed by atoms with van der Waals surface area (Å²) in [4.78, 5) is 21.5. The summed E-state index contributed by atoms with van der Waals surface area (Å²) in [5.41, 5.74) is 0. The van der Waals surface area contributed by atoms with E-state index in [1.807, 2.05) is 0 Å². The second-order valence-electron chi connectivity index (χ2n) is 2.32. The molecule has 0 spiro atoms. The van der Waals surface area contributed by atoms with Crippen LogP contribution in [0.15, 0.2) is 0 Å². The molecule has 0 radical (unpaired) electrons. The van der Waals surface area contributed by atoms with Gasteiger partial charge in [0.25, 0.3) is 0 Å². The Kier molecular flexibility index (Phi) is 2.46. The maximum absolute atomic E-state index is 10.7. The summed E-state index contributed by atoms with van der Waals surface area (Å²) in [7, 11) is 0. The van der Waals surface area contributed by atoms with Crippen molar-refractivity contribution in [2.75, 3.05) is 0 Å². The zero-order chi connectivity index (χ0) is 8.27. The monoisotopic (exact) mass is 158 g/mol. The Balaban J connectivity index is 2.54. The molecule has 0 atom stereocenters. The zero-order valence-electron chi connectivity index (χ0n) is 6.33. The van der Waals surface area contributed by atoms with Crippen LogP contribution in [-0.4, -0.2) is 18.2 Å². The van der Waals surface area contributed by atoms with Crippen LogP contribution in [0.3, 0.4) is 0 Å². The maximum atomic E-state index is 10.7. The van der Waals surface area contributed by atoms with E-state index in [9.17, 15) is 9.59 Å². The number of cyclic esters (lactones) is 2. The van der Waals surface area contributed by atoms with E-state index in [0.29, 0.717) is 6.42 Å². The first-order chi connectivity index (χ1) is 5.22. The number of rotatable bonds is 1. The fourth-order valence-electron chi connectivity index (χ4n) is 0.806. The first-order valence-electron chi connectivity index (χ1n) is 3.61. The molecule has 1 heterocycles. The lowest BCUT2D eigenvalue weighted by Gasteiger charge is -2.11. The highest BCUT2D eigenvalue weighted by Crippen LogP contribution is 2.10. The molecular weight excluding hydrogens is 148 g/mol. The topological polar surface area (TPSA) is 52.6 Å². The van der Waals surface area contributed by atoms with Gasteiger partial charge in [-0.15, -0.1) is 0 Å². The van der Waals surface area contributed by atoms with Gasteiger partial charge in [-0.2, -0.15) is 0 Å². The van der Waals surface area contributed by atoms with Gasteiger partial charge in [-0.25, -0.2) is 0 Å². The van der Waals surface area contributed by atoms with Crippen LogP contribution in [-0.2, 0) is 19.1 Å². The highest BCUT2D eigenvalue weighted by atomic mass is 16.7. The summed E-state index contributed by atoms with van der Waals surface area (Å²) in [5, 5.41) is 0. The van der Waals surface area contributed by atoms with E-state index >= 15 is 0 Å². The third-order valence-electron chi connectivity index (χ3n) is 1.39. The lowest BCUT2D eigenvalue weighted by Crippen LogP contribution is -2.18. The van der Waals surface area contributed by atoms with Crippen molar-refractivity contribution in [1.29, 1.82) is 0 Å². The van der Waals surface area contributed by atoms with Crippen molar-refractivity contribution in [3.05, 3.63) is 0 Å². The molecule has 0 aromatic heterocycles. The average molecular weight is 158 g/mol. The smallest absolute Gasteiger partial charge is 0.309 e. The fraction of sp³-hybridized carbons (Fsp3) is 0.714. The first kappa shape index (κ1) is 8.04. The van der Waals surface area contributed by atoms with Crippen LogP contribution in [0.2, 0.25) is 0 Å². The van der Waals surface area contributed by atoms with E-state index in [0.717, 1.165) is 0 Å². The predicted molar refractivity (Wildman–Crippen MR) is 35.5 cm³/mol. The minimum atomic E-state index is -0.669. The molecule has 0 amide bonds. The second kappa shape index (κ2) is 3.37. The molecule has 4 nitrogen and oxygen atoms in total. The molecule has 11 heavy (non-hydrogen) atoms. The molecule has 0 bridgehead atoms. The molecule has 0 unspecified atom stereocenters. The summed E-state index contributed by atoms with van der Waals surface area (Å²) >= 11 is 0. The number of carbonyl (C=O) groups excluding carboxylic acids is 2. The fourth-order valence-corrected chi connectivity index (χ4v) is 0.806. The van der Waals surface area contributed by atoms with E-state index < -0.39 is 6.29 Å². The first-order valence-corrected chi connectivity index (χ1v) is 3.61. The number of esters is 2. The normalized spacial score (nSPS) is 20.5. The third-order valence-corrected chi connectivity index (χ3v) is 1.39. The number of carbonyl (C=O) groups is 2. The Morgan fingerprint density at radius 2 is 1.73 bits per heavy atom. The van der Waals surface area contributed by atoms with Crippen LogP contribution in [0.1, 0.15) is 26.2 Å². The van der Waals surface area contributed by atoms with Gasteiger partial charge in [-0.1, -0.05) is 6.92 Å². The predicted octanol–water partition coefficient (Wildman–Crippen LogP) is 0.603. The van der Waals surface area contributed by atoms with E-state index in [1.165, 1.54) is 0 Å². The van der Waals surface area contributed by atoms with Crippen molar-refractivity contribution < 1.29 is 19.1 Å². The molecule has 1 saturated heterocycles. The van der Waals surface area contributed by atoms with Crippen molar-refractivity contribution in [2.24, 2.45) is 0 Å².